The molecule has 0 radical (unpaired) electrons. The van der Waals surface area contributed by atoms with Crippen LogP contribution in [0.5, 0.6) is 0 Å². The lowest BCUT2D eigenvalue weighted by atomic mass is 10.1. The third-order valence-electron chi connectivity index (χ3n) is 3.93. The molecule has 0 saturated heterocycles. The topological polar surface area (TPSA) is 49.6 Å². The summed E-state index contributed by atoms with van der Waals surface area (Å²) in [5.74, 6) is 0.724. The molecule has 0 heterocycles. The maximum absolute atomic E-state index is 13.0. The first-order valence-corrected chi connectivity index (χ1v) is 7.78. The van der Waals surface area contributed by atoms with E-state index in [1.54, 1.807) is 0 Å². The van der Waals surface area contributed by atoms with Gasteiger partial charge in [-0.25, -0.2) is 0 Å². The number of benzene rings is 1. The molecule has 0 aliphatic heterocycles. The first kappa shape index (κ1) is 15.7. The maximum atomic E-state index is 13.0. The second-order valence-electron chi connectivity index (χ2n) is 6.58. The first-order valence-electron chi connectivity index (χ1n) is 7.78. The van der Waals surface area contributed by atoms with Crippen LogP contribution in [0.3, 0.4) is 0 Å². The molecular formula is C17H27N3O. The van der Waals surface area contributed by atoms with E-state index in [0.29, 0.717) is 17.6 Å². The molecule has 1 aromatic rings. The summed E-state index contributed by atoms with van der Waals surface area (Å²) in [6.45, 7) is 5.23. The Labute approximate surface area is 127 Å². The third kappa shape index (κ3) is 3.90. The van der Waals surface area contributed by atoms with Gasteiger partial charge in [0.25, 0.3) is 5.91 Å². The molecule has 1 aromatic carbocycles. The van der Waals surface area contributed by atoms with Gasteiger partial charge in [0.15, 0.2) is 0 Å². The standard InChI is InChI=1S/C17H27N3O/c1-12(2)9-10-20(14-6-7-14)17(21)15-11-13(18)5-8-16(15)19(3)4/h5,8,11-12,14H,6-7,9-10,18H2,1-4H3. The molecule has 2 rings (SSSR count). The Hall–Kier alpha value is -1.71. The van der Waals surface area contributed by atoms with Gasteiger partial charge in [-0.1, -0.05) is 13.8 Å². The van der Waals surface area contributed by atoms with Crippen molar-refractivity contribution >= 4 is 17.3 Å². The normalized spacial score (nSPS) is 14.3. The molecule has 4 nitrogen and oxygen atoms in total. The maximum Gasteiger partial charge on any atom is 0.256 e. The van der Waals surface area contributed by atoms with Crippen molar-refractivity contribution in [3.8, 4) is 0 Å². The molecule has 21 heavy (non-hydrogen) atoms. The van der Waals surface area contributed by atoms with Crippen molar-refractivity contribution in [3.63, 3.8) is 0 Å². The lowest BCUT2D eigenvalue weighted by Crippen LogP contribution is -2.35. The average molecular weight is 289 g/mol. The smallest absolute Gasteiger partial charge is 0.256 e. The van der Waals surface area contributed by atoms with Crippen LogP contribution in [0.15, 0.2) is 18.2 Å². The predicted octanol–water partition coefficient (Wildman–Crippen LogP) is 2.99. The molecule has 2 N–H and O–H groups in total. The number of nitrogens with zero attached hydrogens (tertiary/aromatic N) is 2. The molecule has 1 aliphatic rings. The highest BCUT2D eigenvalue weighted by Gasteiger charge is 2.33. The van der Waals surface area contributed by atoms with E-state index in [1.165, 1.54) is 0 Å². The zero-order valence-corrected chi connectivity index (χ0v) is 13.6. The number of hydrogen-bond acceptors (Lipinski definition) is 3. The molecule has 0 spiro atoms. The van der Waals surface area contributed by atoms with Crippen molar-refractivity contribution in [1.29, 1.82) is 0 Å². The van der Waals surface area contributed by atoms with Gasteiger partial charge in [-0.05, 0) is 43.4 Å². The predicted molar refractivity (Wildman–Crippen MR) is 88.7 cm³/mol. The number of amides is 1. The van der Waals surface area contributed by atoms with Crippen LogP contribution in [0.25, 0.3) is 0 Å². The van der Waals surface area contributed by atoms with Gasteiger partial charge in [-0.2, -0.15) is 0 Å². The minimum absolute atomic E-state index is 0.120. The molecule has 1 fully saturated rings. The lowest BCUT2D eigenvalue weighted by molar-refractivity contribution is 0.0736. The molecule has 1 aliphatic carbocycles. The van der Waals surface area contributed by atoms with Crippen molar-refractivity contribution in [3.05, 3.63) is 23.8 Å². The zero-order chi connectivity index (χ0) is 15.6. The Kier molecular flexibility index (Phi) is 4.76. The van der Waals surface area contributed by atoms with E-state index < -0.39 is 0 Å². The fourth-order valence-electron chi connectivity index (χ4n) is 2.50. The van der Waals surface area contributed by atoms with Crippen LogP contribution in [0.1, 0.15) is 43.5 Å². The van der Waals surface area contributed by atoms with Crippen molar-refractivity contribution in [2.45, 2.75) is 39.2 Å². The fraction of sp³-hybridized carbons (Fsp3) is 0.588. The van der Waals surface area contributed by atoms with Crippen LogP contribution >= 0.6 is 0 Å². The van der Waals surface area contributed by atoms with Gasteiger partial charge in [-0.15, -0.1) is 0 Å². The van der Waals surface area contributed by atoms with E-state index in [0.717, 1.165) is 37.1 Å². The Balaban J connectivity index is 2.25. The summed E-state index contributed by atoms with van der Waals surface area (Å²) in [6, 6.07) is 6.01. The van der Waals surface area contributed by atoms with E-state index in [-0.39, 0.29) is 5.91 Å². The SMILES string of the molecule is CC(C)CCN(C(=O)c1cc(N)ccc1N(C)C)C1CC1. The van der Waals surface area contributed by atoms with E-state index in [4.69, 9.17) is 5.73 Å². The van der Waals surface area contributed by atoms with Crippen LogP contribution in [0.4, 0.5) is 11.4 Å². The monoisotopic (exact) mass is 289 g/mol. The summed E-state index contributed by atoms with van der Waals surface area (Å²) in [5, 5.41) is 0. The van der Waals surface area contributed by atoms with Crippen LogP contribution < -0.4 is 10.6 Å². The Morgan fingerprint density at radius 2 is 2.00 bits per heavy atom. The molecule has 0 atom stereocenters. The summed E-state index contributed by atoms with van der Waals surface area (Å²) in [4.78, 5) is 17.0. The second-order valence-corrected chi connectivity index (χ2v) is 6.58. The summed E-state index contributed by atoms with van der Waals surface area (Å²) >= 11 is 0. The number of carbonyl (C=O) groups is 1. The molecule has 1 saturated carbocycles. The van der Waals surface area contributed by atoms with Gasteiger partial charge in [0.05, 0.1) is 5.56 Å². The highest BCUT2D eigenvalue weighted by Crippen LogP contribution is 2.31. The Bertz CT molecular complexity index is 507. The van der Waals surface area contributed by atoms with E-state index in [2.05, 4.69) is 13.8 Å². The number of nitrogens with two attached hydrogens (primary N) is 1. The minimum Gasteiger partial charge on any atom is -0.399 e. The van der Waals surface area contributed by atoms with Gasteiger partial charge in [0.1, 0.15) is 0 Å². The molecule has 1 amide bonds. The van der Waals surface area contributed by atoms with Crippen molar-refractivity contribution in [2.24, 2.45) is 5.92 Å². The fourth-order valence-corrected chi connectivity index (χ4v) is 2.50. The quantitative estimate of drug-likeness (QED) is 0.819. The van der Waals surface area contributed by atoms with Gasteiger partial charge in [0.2, 0.25) is 0 Å². The van der Waals surface area contributed by atoms with Crippen LogP contribution in [-0.2, 0) is 0 Å². The van der Waals surface area contributed by atoms with Gasteiger partial charge < -0.3 is 15.5 Å². The van der Waals surface area contributed by atoms with Crippen molar-refractivity contribution in [1.82, 2.24) is 4.90 Å². The van der Waals surface area contributed by atoms with Gasteiger partial charge in [-0.3, -0.25) is 4.79 Å². The van der Waals surface area contributed by atoms with E-state index >= 15 is 0 Å². The lowest BCUT2D eigenvalue weighted by Gasteiger charge is -2.26. The molecule has 0 unspecified atom stereocenters. The summed E-state index contributed by atoms with van der Waals surface area (Å²) in [7, 11) is 3.91. The van der Waals surface area contributed by atoms with E-state index in [1.807, 2.05) is 42.1 Å². The number of nitrogen functional groups attached to an aromatic ring is 1. The number of hydrogen-bond donors (Lipinski definition) is 1. The van der Waals surface area contributed by atoms with Gasteiger partial charge >= 0.3 is 0 Å². The summed E-state index contributed by atoms with van der Waals surface area (Å²) < 4.78 is 0. The number of carbonyl (C=O) groups excluding carboxylic acids is 1. The van der Waals surface area contributed by atoms with E-state index in [9.17, 15) is 4.79 Å². The molecule has 116 valence electrons. The van der Waals surface area contributed by atoms with Crippen LogP contribution in [-0.4, -0.2) is 37.5 Å². The largest absolute Gasteiger partial charge is 0.399 e. The van der Waals surface area contributed by atoms with Crippen LogP contribution in [0.2, 0.25) is 0 Å². The Morgan fingerprint density at radius 3 is 2.52 bits per heavy atom. The van der Waals surface area contributed by atoms with Crippen molar-refractivity contribution < 1.29 is 4.79 Å². The van der Waals surface area contributed by atoms with Crippen molar-refractivity contribution in [2.75, 3.05) is 31.3 Å². The number of anilines is 2. The third-order valence-corrected chi connectivity index (χ3v) is 3.93. The molecule has 0 aromatic heterocycles. The van der Waals surface area contributed by atoms with Gasteiger partial charge in [0, 0.05) is 38.1 Å². The number of rotatable bonds is 6. The highest BCUT2D eigenvalue weighted by atomic mass is 16.2. The highest BCUT2D eigenvalue weighted by molar-refractivity contribution is 6.01. The van der Waals surface area contributed by atoms with Crippen LogP contribution in [0, 0.1) is 5.92 Å². The Morgan fingerprint density at radius 1 is 1.33 bits per heavy atom. The molecule has 0 bridgehead atoms. The minimum atomic E-state index is 0.120. The molecular weight excluding hydrogens is 262 g/mol. The average Bonchev–Trinajstić information content (AvgIpc) is 3.22. The summed E-state index contributed by atoms with van der Waals surface area (Å²) in [5.41, 5.74) is 8.19. The summed E-state index contributed by atoms with van der Waals surface area (Å²) in [6.07, 6.45) is 3.30. The zero-order valence-electron chi connectivity index (χ0n) is 13.6. The first-order chi connectivity index (χ1) is 9.90. The molecule has 4 heteroatoms. The second kappa shape index (κ2) is 6.37.